The van der Waals surface area contributed by atoms with Crippen LogP contribution in [0.25, 0.3) is 16.7 Å². The summed E-state index contributed by atoms with van der Waals surface area (Å²) in [6.45, 7) is 4.21. The summed E-state index contributed by atoms with van der Waals surface area (Å²) in [7, 11) is 0. The van der Waals surface area contributed by atoms with Crippen molar-refractivity contribution in [2.45, 2.75) is 13.8 Å². The quantitative estimate of drug-likeness (QED) is 0.706. The normalized spacial score (nSPS) is 11.0. The number of nitrogens with zero attached hydrogens (tertiary/aromatic N) is 2. The number of rotatable bonds is 1. The first kappa shape index (κ1) is 10.8. The molecule has 0 radical (unpaired) electrons. The Labute approximate surface area is 106 Å². The minimum Gasteiger partial charge on any atom is -0.369 e. The second kappa shape index (κ2) is 3.88. The van der Waals surface area contributed by atoms with Crippen LogP contribution in [0.15, 0.2) is 42.5 Å². The van der Waals surface area contributed by atoms with Gasteiger partial charge in [-0.05, 0) is 49.2 Å². The molecule has 0 saturated carbocycles. The first-order chi connectivity index (χ1) is 8.66. The molecule has 3 heteroatoms. The van der Waals surface area contributed by atoms with Crippen LogP contribution in [0.2, 0.25) is 0 Å². The molecule has 0 atom stereocenters. The molecule has 18 heavy (non-hydrogen) atoms. The van der Waals surface area contributed by atoms with Crippen LogP contribution in [-0.2, 0) is 0 Å². The third kappa shape index (κ3) is 1.56. The van der Waals surface area contributed by atoms with Crippen LogP contribution < -0.4 is 5.73 Å². The summed E-state index contributed by atoms with van der Waals surface area (Å²) in [5, 5.41) is 0. The summed E-state index contributed by atoms with van der Waals surface area (Å²) in [6.07, 6.45) is 0. The predicted octanol–water partition coefficient (Wildman–Crippen LogP) is 3.22. The van der Waals surface area contributed by atoms with Gasteiger partial charge in [-0.3, -0.25) is 4.57 Å². The van der Waals surface area contributed by atoms with Crippen LogP contribution in [0.3, 0.4) is 0 Å². The Hall–Kier alpha value is -2.29. The summed E-state index contributed by atoms with van der Waals surface area (Å²) in [5.41, 5.74) is 11.6. The Kier molecular flexibility index (Phi) is 2.33. The van der Waals surface area contributed by atoms with Crippen LogP contribution in [0, 0.1) is 13.8 Å². The molecule has 0 bridgehead atoms. The van der Waals surface area contributed by atoms with Gasteiger partial charge in [0.25, 0.3) is 0 Å². The molecule has 2 N–H and O–H groups in total. The Morgan fingerprint density at radius 1 is 1.00 bits per heavy atom. The highest BCUT2D eigenvalue weighted by Crippen LogP contribution is 2.24. The van der Waals surface area contributed by atoms with E-state index in [1.54, 1.807) is 0 Å². The summed E-state index contributed by atoms with van der Waals surface area (Å²) in [4.78, 5) is 4.38. The van der Waals surface area contributed by atoms with Crippen LogP contribution in [0.1, 0.15) is 11.1 Å². The Morgan fingerprint density at radius 2 is 1.78 bits per heavy atom. The van der Waals surface area contributed by atoms with E-state index in [0.29, 0.717) is 5.95 Å². The molecule has 0 aliphatic carbocycles. The van der Waals surface area contributed by atoms with Gasteiger partial charge in [-0.1, -0.05) is 18.2 Å². The number of hydrogen-bond donors (Lipinski definition) is 1. The largest absolute Gasteiger partial charge is 0.369 e. The van der Waals surface area contributed by atoms with Gasteiger partial charge >= 0.3 is 0 Å². The van der Waals surface area contributed by atoms with Crippen LogP contribution in [0.4, 0.5) is 5.95 Å². The summed E-state index contributed by atoms with van der Waals surface area (Å²) in [5.74, 6) is 0.527. The number of hydrogen-bond acceptors (Lipinski definition) is 2. The average molecular weight is 237 g/mol. The molecule has 90 valence electrons. The molecule has 3 aromatic rings. The van der Waals surface area contributed by atoms with E-state index in [1.165, 1.54) is 11.1 Å². The monoisotopic (exact) mass is 237 g/mol. The summed E-state index contributed by atoms with van der Waals surface area (Å²) in [6, 6.07) is 14.3. The second-order valence-electron chi connectivity index (χ2n) is 4.56. The van der Waals surface area contributed by atoms with Crippen LogP contribution in [0.5, 0.6) is 0 Å². The van der Waals surface area contributed by atoms with Gasteiger partial charge in [-0.15, -0.1) is 0 Å². The third-order valence-corrected chi connectivity index (χ3v) is 3.34. The van der Waals surface area contributed by atoms with Crippen molar-refractivity contribution in [3.05, 3.63) is 53.6 Å². The van der Waals surface area contributed by atoms with E-state index in [-0.39, 0.29) is 0 Å². The average Bonchev–Trinajstić information content (AvgIpc) is 2.69. The van der Waals surface area contributed by atoms with E-state index in [2.05, 4.69) is 37.0 Å². The molecule has 1 aromatic heterocycles. The number of aryl methyl sites for hydroxylation is 2. The van der Waals surface area contributed by atoms with Crippen LogP contribution >= 0.6 is 0 Å². The van der Waals surface area contributed by atoms with Gasteiger partial charge < -0.3 is 5.73 Å². The lowest BCUT2D eigenvalue weighted by molar-refractivity contribution is 1.10. The first-order valence-corrected chi connectivity index (χ1v) is 5.97. The number of fused-ring (bicyclic) bond motifs is 1. The maximum Gasteiger partial charge on any atom is 0.205 e. The zero-order valence-electron chi connectivity index (χ0n) is 10.5. The minimum atomic E-state index is 0.527. The van der Waals surface area contributed by atoms with Gasteiger partial charge in [0.1, 0.15) is 0 Å². The SMILES string of the molecule is Cc1ccc(-n2c(N)nc3ccccc32)cc1C. The fourth-order valence-electron chi connectivity index (χ4n) is 2.18. The van der Waals surface area contributed by atoms with E-state index in [1.807, 2.05) is 28.8 Å². The van der Waals surface area contributed by atoms with Crippen molar-refractivity contribution in [3.8, 4) is 5.69 Å². The number of anilines is 1. The molecule has 0 saturated heterocycles. The highest BCUT2D eigenvalue weighted by atomic mass is 15.2. The maximum absolute atomic E-state index is 6.03. The van der Waals surface area contributed by atoms with Gasteiger partial charge in [-0.25, -0.2) is 4.98 Å². The lowest BCUT2D eigenvalue weighted by Gasteiger charge is -2.09. The highest BCUT2D eigenvalue weighted by Gasteiger charge is 2.09. The fraction of sp³-hybridized carbons (Fsp3) is 0.133. The highest BCUT2D eigenvalue weighted by molar-refractivity contribution is 5.80. The van der Waals surface area contributed by atoms with E-state index >= 15 is 0 Å². The number of benzene rings is 2. The molecule has 2 aromatic carbocycles. The molecule has 0 spiro atoms. The van der Waals surface area contributed by atoms with Gasteiger partial charge in [0.15, 0.2) is 0 Å². The number of aromatic nitrogens is 2. The predicted molar refractivity (Wildman–Crippen MR) is 75.0 cm³/mol. The number of para-hydroxylation sites is 2. The molecule has 1 heterocycles. The Morgan fingerprint density at radius 3 is 2.56 bits per heavy atom. The molecule has 0 amide bonds. The molecule has 0 aliphatic rings. The standard InChI is InChI=1S/C15H15N3/c1-10-7-8-12(9-11(10)2)18-14-6-4-3-5-13(14)17-15(18)16/h3-9H,1-2H3,(H2,16,17). The van der Waals surface area contributed by atoms with E-state index < -0.39 is 0 Å². The van der Waals surface area contributed by atoms with E-state index in [0.717, 1.165) is 16.7 Å². The minimum absolute atomic E-state index is 0.527. The van der Waals surface area contributed by atoms with Gasteiger partial charge in [0.05, 0.1) is 11.0 Å². The van der Waals surface area contributed by atoms with Gasteiger partial charge in [0, 0.05) is 5.69 Å². The van der Waals surface area contributed by atoms with Crippen molar-refractivity contribution in [2.75, 3.05) is 5.73 Å². The molecule has 3 rings (SSSR count). The van der Waals surface area contributed by atoms with E-state index in [9.17, 15) is 0 Å². The lowest BCUT2D eigenvalue weighted by atomic mass is 10.1. The van der Waals surface area contributed by atoms with Crippen LogP contribution in [-0.4, -0.2) is 9.55 Å². The second-order valence-corrected chi connectivity index (χ2v) is 4.56. The Bertz CT molecular complexity index is 726. The number of nitrogens with two attached hydrogens (primary N) is 1. The maximum atomic E-state index is 6.03. The van der Waals surface area contributed by atoms with Gasteiger partial charge in [0.2, 0.25) is 5.95 Å². The molecule has 0 unspecified atom stereocenters. The molecular weight excluding hydrogens is 222 g/mol. The van der Waals surface area contributed by atoms with Crippen molar-refractivity contribution < 1.29 is 0 Å². The van der Waals surface area contributed by atoms with Crippen molar-refractivity contribution in [1.82, 2.24) is 9.55 Å². The van der Waals surface area contributed by atoms with Crippen molar-refractivity contribution in [1.29, 1.82) is 0 Å². The number of nitrogen functional groups attached to an aromatic ring is 1. The van der Waals surface area contributed by atoms with Crippen molar-refractivity contribution in [3.63, 3.8) is 0 Å². The molecular formula is C15H15N3. The molecule has 0 fully saturated rings. The fourth-order valence-corrected chi connectivity index (χ4v) is 2.18. The van der Waals surface area contributed by atoms with E-state index in [4.69, 9.17) is 5.73 Å². The molecule has 0 aliphatic heterocycles. The first-order valence-electron chi connectivity index (χ1n) is 5.97. The van der Waals surface area contributed by atoms with Crippen molar-refractivity contribution >= 4 is 17.0 Å². The van der Waals surface area contributed by atoms with Gasteiger partial charge in [-0.2, -0.15) is 0 Å². The smallest absolute Gasteiger partial charge is 0.205 e. The van der Waals surface area contributed by atoms with Crippen molar-refractivity contribution in [2.24, 2.45) is 0 Å². The zero-order valence-corrected chi connectivity index (χ0v) is 10.5. The third-order valence-electron chi connectivity index (χ3n) is 3.34. The lowest BCUT2D eigenvalue weighted by Crippen LogP contribution is -2.01. The molecule has 3 nitrogen and oxygen atoms in total. The topological polar surface area (TPSA) is 43.8 Å². The summed E-state index contributed by atoms with van der Waals surface area (Å²) < 4.78 is 1.99. The zero-order chi connectivity index (χ0) is 12.7. The Balaban J connectivity index is 2.30. The number of imidazole rings is 1. The summed E-state index contributed by atoms with van der Waals surface area (Å²) >= 11 is 0.